The molecule has 0 atom stereocenters. The number of carbonyl (C=O) groups is 2. The summed E-state index contributed by atoms with van der Waals surface area (Å²) in [7, 11) is 0. The van der Waals surface area contributed by atoms with E-state index in [0.29, 0.717) is 17.2 Å². The molecule has 0 aliphatic heterocycles. The van der Waals surface area contributed by atoms with Crippen LogP contribution in [0.5, 0.6) is 0 Å². The Labute approximate surface area is 174 Å². The lowest BCUT2D eigenvalue weighted by atomic mass is 10.1. The van der Waals surface area contributed by atoms with Crippen molar-refractivity contribution in [1.29, 1.82) is 0 Å². The third-order valence-corrected chi connectivity index (χ3v) is 4.64. The van der Waals surface area contributed by atoms with Gasteiger partial charge in [0.25, 0.3) is 5.91 Å². The van der Waals surface area contributed by atoms with Gasteiger partial charge in [0.1, 0.15) is 5.82 Å². The fourth-order valence-electron chi connectivity index (χ4n) is 2.61. The molecule has 0 radical (unpaired) electrons. The Kier molecular flexibility index (Phi) is 8.23. The molecule has 0 unspecified atom stereocenters. The predicted octanol–water partition coefficient (Wildman–Crippen LogP) is 3.77. The smallest absolute Gasteiger partial charge is 0.253 e. The van der Waals surface area contributed by atoms with Crippen LogP contribution in [0, 0.1) is 11.7 Å². The summed E-state index contributed by atoms with van der Waals surface area (Å²) >= 11 is 6.11. The maximum atomic E-state index is 13.7. The van der Waals surface area contributed by atoms with Crippen LogP contribution >= 0.6 is 24.0 Å². The standard InChI is InChI=1S/C20H21ClFN3O2.ClH/c21-17-8-7-15(25-19(26)12-23-10-13-5-6-13)9-16(17)20(27)24-11-14-3-1-2-4-18(14)22;/h1-4,7-9,13,23H,5-6,10-12H2,(H,24,27)(H,25,26);1H. The van der Waals surface area contributed by atoms with E-state index in [0.717, 1.165) is 6.54 Å². The molecule has 1 aliphatic carbocycles. The van der Waals surface area contributed by atoms with E-state index in [1.807, 2.05) is 0 Å². The molecule has 0 spiro atoms. The van der Waals surface area contributed by atoms with E-state index in [9.17, 15) is 14.0 Å². The second-order valence-corrected chi connectivity index (χ2v) is 7.00. The first kappa shape index (κ1) is 22.1. The Morgan fingerprint density at radius 3 is 2.61 bits per heavy atom. The molecule has 28 heavy (non-hydrogen) atoms. The van der Waals surface area contributed by atoms with Gasteiger partial charge >= 0.3 is 0 Å². The number of benzene rings is 2. The minimum Gasteiger partial charge on any atom is -0.348 e. The molecule has 0 heterocycles. The van der Waals surface area contributed by atoms with E-state index in [2.05, 4.69) is 16.0 Å². The van der Waals surface area contributed by atoms with Crippen molar-refractivity contribution >= 4 is 41.5 Å². The Hall–Kier alpha value is -2.15. The van der Waals surface area contributed by atoms with Gasteiger partial charge in [0.05, 0.1) is 17.1 Å². The van der Waals surface area contributed by atoms with Crippen LogP contribution in [0.25, 0.3) is 0 Å². The van der Waals surface area contributed by atoms with Crippen molar-refractivity contribution in [1.82, 2.24) is 10.6 Å². The summed E-state index contributed by atoms with van der Waals surface area (Å²) in [5, 5.41) is 8.75. The van der Waals surface area contributed by atoms with Crippen LogP contribution < -0.4 is 16.0 Å². The molecule has 2 amide bonds. The fourth-order valence-corrected chi connectivity index (χ4v) is 2.81. The van der Waals surface area contributed by atoms with Gasteiger partial charge in [-0.15, -0.1) is 12.4 Å². The lowest BCUT2D eigenvalue weighted by Gasteiger charge is -2.11. The number of hydrogen-bond donors (Lipinski definition) is 3. The van der Waals surface area contributed by atoms with Gasteiger partial charge in [-0.3, -0.25) is 9.59 Å². The highest BCUT2D eigenvalue weighted by molar-refractivity contribution is 6.34. The number of halogens is 3. The van der Waals surface area contributed by atoms with Gasteiger partial charge in [-0.2, -0.15) is 0 Å². The molecular weight excluding hydrogens is 404 g/mol. The van der Waals surface area contributed by atoms with Crippen LogP contribution in [0.4, 0.5) is 10.1 Å². The first-order chi connectivity index (χ1) is 13.0. The van der Waals surface area contributed by atoms with Crippen LogP contribution in [0.2, 0.25) is 5.02 Å². The number of anilines is 1. The summed E-state index contributed by atoms with van der Waals surface area (Å²) in [6.45, 7) is 1.11. The normalized spacial score (nSPS) is 12.8. The molecule has 1 saturated carbocycles. The molecule has 2 aromatic rings. The number of nitrogens with one attached hydrogen (secondary N) is 3. The SMILES string of the molecule is Cl.O=C(CNCC1CC1)Nc1ccc(Cl)c(C(=O)NCc2ccccc2F)c1. The number of hydrogen-bond acceptors (Lipinski definition) is 3. The van der Waals surface area contributed by atoms with Gasteiger partial charge in [-0.1, -0.05) is 29.8 Å². The van der Waals surface area contributed by atoms with Crippen LogP contribution in [0.3, 0.4) is 0 Å². The van der Waals surface area contributed by atoms with Crippen LogP contribution in [0.15, 0.2) is 42.5 Å². The molecule has 3 N–H and O–H groups in total. The van der Waals surface area contributed by atoms with Crippen molar-refractivity contribution in [2.24, 2.45) is 5.92 Å². The topological polar surface area (TPSA) is 70.2 Å². The average molecular weight is 426 g/mol. The predicted molar refractivity (Wildman–Crippen MR) is 110 cm³/mol. The molecule has 0 aromatic heterocycles. The molecule has 8 heteroatoms. The maximum Gasteiger partial charge on any atom is 0.253 e. The van der Waals surface area contributed by atoms with Gasteiger partial charge in [0, 0.05) is 17.8 Å². The largest absolute Gasteiger partial charge is 0.348 e. The molecule has 3 rings (SSSR count). The molecule has 150 valence electrons. The highest BCUT2D eigenvalue weighted by Gasteiger charge is 2.20. The lowest BCUT2D eigenvalue weighted by molar-refractivity contribution is -0.115. The third kappa shape index (κ3) is 6.48. The summed E-state index contributed by atoms with van der Waals surface area (Å²) in [6, 6.07) is 10.9. The summed E-state index contributed by atoms with van der Waals surface area (Å²) in [4.78, 5) is 24.4. The van der Waals surface area contributed by atoms with Gasteiger partial charge in [0.15, 0.2) is 0 Å². The van der Waals surface area contributed by atoms with Crippen molar-refractivity contribution in [2.75, 3.05) is 18.4 Å². The van der Waals surface area contributed by atoms with Crippen molar-refractivity contribution in [3.05, 3.63) is 64.4 Å². The lowest BCUT2D eigenvalue weighted by Crippen LogP contribution is -2.29. The highest BCUT2D eigenvalue weighted by atomic mass is 35.5. The first-order valence-electron chi connectivity index (χ1n) is 8.84. The van der Waals surface area contributed by atoms with Crippen molar-refractivity contribution in [3.8, 4) is 0 Å². The Morgan fingerprint density at radius 2 is 1.89 bits per heavy atom. The van der Waals surface area contributed by atoms with E-state index in [4.69, 9.17) is 11.6 Å². The monoisotopic (exact) mass is 425 g/mol. The molecule has 5 nitrogen and oxygen atoms in total. The zero-order valence-corrected chi connectivity index (χ0v) is 16.7. The van der Waals surface area contributed by atoms with E-state index in [1.165, 1.54) is 25.0 Å². The molecular formula is C20H22Cl2FN3O2. The second-order valence-electron chi connectivity index (χ2n) is 6.59. The van der Waals surface area contributed by atoms with Gasteiger partial charge in [-0.25, -0.2) is 4.39 Å². The van der Waals surface area contributed by atoms with E-state index >= 15 is 0 Å². The fraction of sp³-hybridized carbons (Fsp3) is 0.300. The van der Waals surface area contributed by atoms with Gasteiger partial charge in [0.2, 0.25) is 5.91 Å². The van der Waals surface area contributed by atoms with Crippen LogP contribution in [-0.2, 0) is 11.3 Å². The van der Waals surface area contributed by atoms with Crippen LogP contribution in [-0.4, -0.2) is 24.9 Å². The van der Waals surface area contributed by atoms with E-state index in [-0.39, 0.29) is 47.8 Å². The molecule has 0 saturated heterocycles. The first-order valence-corrected chi connectivity index (χ1v) is 9.22. The second kappa shape index (κ2) is 10.4. The van der Waals surface area contributed by atoms with Crippen molar-refractivity contribution < 1.29 is 14.0 Å². The minimum absolute atomic E-state index is 0. The van der Waals surface area contributed by atoms with Crippen molar-refractivity contribution in [2.45, 2.75) is 19.4 Å². The maximum absolute atomic E-state index is 13.7. The van der Waals surface area contributed by atoms with Gasteiger partial charge < -0.3 is 16.0 Å². The highest BCUT2D eigenvalue weighted by Crippen LogP contribution is 2.27. The zero-order valence-electron chi connectivity index (χ0n) is 15.1. The Morgan fingerprint density at radius 1 is 1.14 bits per heavy atom. The minimum atomic E-state index is -0.439. The number of rotatable bonds is 8. The Bertz CT molecular complexity index is 844. The van der Waals surface area contributed by atoms with E-state index < -0.39 is 5.91 Å². The molecule has 2 aromatic carbocycles. The average Bonchev–Trinajstić information content (AvgIpc) is 3.47. The Balaban J connectivity index is 0.00000280. The zero-order chi connectivity index (χ0) is 19.2. The van der Waals surface area contributed by atoms with Crippen LogP contribution in [0.1, 0.15) is 28.8 Å². The third-order valence-electron chi connectivity index (χ3n) is 4.31. The summed E-state index contributed by atoms with van der Waals surface area (Å²) in [5.41, 5.74) is 1.08. The summed E-state index contributed by atoms with van der Waals surface area (Å²) in [6.07, 6.45) is 2.44. The summed E-state index contributed by atoms with van der Waals surface area (Å²) < 4.78 is 13.7. The van der Waals surface area contributed by atoms with Gasteiger partial charge in [-0.05, 0) is 49.6 Å². The summed E-state index contributed by atoms with van der Waals surface area (Å²) in [5.74, 6) is -0.316. The van der Waals surface area contributed by atoms with E-state index in [1.54, 1.807) is 30.3 Å². The molecule has 1 fully saturated rings. The number of carbonyl (C=O) groups excluding carboxylic acids is 2. The number of amides is 2. The molecule has 1 aliphatic rings. The van der Waals surface area contributed by atoms with Crippen molar-refractivity contribution in [3.63, 3.8) is 0 Å². The quantitative estimate of drug-likeness (QED) is 0.602. The molecule has 0 bridgehead atoms.